The molecular formula is C18H25BrN2O. The monoisotopic (exact) mass is 364 g/mol. The molecule has 1 saturated heterocycles. The number of benzene rings is 1. The highest BCUT2D eigenvalue weighted by molar-refractivity contribution is 9.10. The van der Waals surface area contributed by atoms with E-state index in [1.807, 2.05) is 12.1 Å². The molecule has 2 fully saturated rings. The molecule has 4 heteroatoms. The third-order valence-electron chi connectivity index (χ3n) is 5.19. The number of carbonyl (C=O) groups excluding carboxylic acids is 1. The Balaban J connectivity index is 1.83. The zero-order valence-electron chi connectivity index (χ0n) is 13.0. The van der Waals surface area contributed by atoms with Crippen LogP contribution in [0.3, 0.4) is 0 Å². The number of rotatable bonds is 3. The van der Waals surface area contributed by atoms with Crippen LogP contribution in [0.25, 0.3) is 0 Å². The van der Waals surface area contributed by atoms with Gasteiger partial charge in [-0.3, -0.25) is 4.79 Å². The average Bonchev–Trinajstić information content (AvgIpc) is 2.56. The van der Waals surface area contributed by atoms with Gasteiger partial charge in [0.05, 0.1) is 5.41 Å². The smallest absolute Gasteiger partial charge is 0.230 e. The average molecular weight is 365 g/mol. The van der Waals surface area contributed by atoms with Gasteiger partial charge >= 0.3 is 0 Å². The summed E-state index contributed by atoms with van der Waals surface area (Å²) in [6.45, 7) is 2.02. The van der Waals surface area contributed by atoms with Gasteiger partial charge < -0.3 is 10.6 Å². The predicted molar refractivity (Wildman–Crippen MR) is 92.9 cm³/mol. The van der Waals surface area contributed by atoms with Crippen molar-refractivity contribution in [3.63, 3.8) is 0 Å². The third-order valence-corrected chi connectivity index (χ3v) is 5.69. The van der Waals surface area contributed by atoms with Crippen LogP contribution in [0.2, 0.25) is 0 Å². The second kappa shape index (κ2) is 7.14. The van der Waals surface area contributed by atoms with Gasteiger partial charge in [0.25, 0.3) is 0 Å². The Morgan fingerprint density at radius 1 is 1.18 bits per heavy atom. The summed E-state index contributed by atoms with van der Waals surface area (Å²) < 4.78 is 1.06. The van der Waals surface area contributed by atoms with Crippen LogP contribution < -0.4 is 10.6 Å². The van der Waals surface area contributed by atoms with Crippen LogP contribution in [0.15, 0.2) is 28.7 Å². The minimum atomic E-state index is -0.326. The normalized spacial score (nSPS) is 22.2. The summed E-state index contributed by atoms with van der Waals surface area (Å²) >= 11 is 3.56. The summed E-state index contributed by atoms with van der Waals surface area (Å²) in [5.41, 5.74) is 0.848. The molecule has 0 bridgehead atoms. The van der Waals surface area contributed by atoms with Gasteiger partial charge in [-0.15, -0.1) is 0 Å². The molecule has 1 aliphatic carbocycles. The van der Waals surface area contributed by atoms with Gasteiger partial charge in [0.2, 0.25) is 5.91 Å². The molecule has 0 spiro atoms. The molecule has 1 amide bonds. The second-order valence-electron chi connectivity index (χ2n) is 6.65. The first-order valence-electron chi connectivity index (χ1n) is 8.48. The van der Waals surface area contributed by atoms with E-state index >= 15 is 0 Å². The first-order valence-corrected chi connectivity index (χ1v) is 9.28. The fourth-order valence-corrected chi connectivity index (χ4v) is 4.28. The van der Waals surface area contributed by atoms with Gasteiger partial charge in [-0.2, -0.15) is 0 Å². The van der Waals surface area contributed by atoms with Crippen molar-refractivity contribution in [3.8, 4) is 0 Å². The standard InChI is InChI=1S/C18H25BrN2O/c19-15-6-4-5-14(13-15)18(9-2-1-3-10-18)17(22)21-16-7-11-20-12-8-16/h4-6,13,16,20H,1-3,7-12H2,(H,21,22). The number of halogens is 1. The van der Waals surface area contributed by atoms with Gasteiger partial charge in [0, 0.05) is 10.5 Å². The molecule has 0 aromatic heterocycles. The van der Waals surface area contributed by atoms with Crippen molar-refractivity contribution in [1.29, 1.82) is 0 Å². The van der Waals surface area contributed by atoms with E-state index in [9.17, 15) is 4.79 Å². The summed E-state index contributed by atoms with van der Waals surface area (Å²) in [4.78, 5) is 13.2. The van der Waals surface area contributed by atoms with Crippen molar-refractivity contribution in [2.75, 3.05) is 13.1 Å². The van der Waals surface area contributed by atoms with E-state index < -0.39 is 0 Å². The SMILES string of the molecule is O=C(NC1CCNCC1)C1(c2cccc(Br)c2)CCCCC1. The van der Waals surface area contributed by atoms with Crippen molar-refractivity contribution in [1.82, 2.24) is 10.6 Å². The van der Waals surface area contributed by atoms with E-state index in [1.54, 1.807) is 0 Å². The van der Waals surface area contributed by atoms with Gasteiger partial charge in [-0.1, -0.05) is 47.3 Å². The van der Waals surface area contributed by atoms with Crippen LogP contribution in [0.4, 0.5) is 0 Å². The summed E-state index contributed by atoms with van der Waals surface area (Å²) in [6, 6.07) is 8.67. The van der Waals surface area contributed by atoms with E-state index in [-0.39, 0.29) is 11.3 Å². The summed E-state index contributed by atoms with van der Waals surface area (Å²) in [5.74, 6) is 0.247. The molecule has 2 N–H and O–H groups in total. The zero-order chi connectivity index (χ0) is 15.4. The predicted octanol–water partition coefficient (Wildman–Crippen LogP) is 3.52. The molecule has 1 aliphatic heterocycles. The van der Waals surface area contributed by atoms with E-state index in [4.69, 9.17) is 0 Å². The lowest BCUT2D eigenvalue weighted by Crippen LogP contribution is -2.51. The van der Waals surface area contributed by atoms with Crippen molar-refractivity contribution in [3.05, 3.63) is 34.3 Å². The maximum atomic E-state index is 13.2. The Morgan fingerprint density at radius 3 is 2.59 bits per heavy atom. The lowest BCUT2D eigenvalue weighted by Gasteiger charge is -2.38. The Hall–Kier alpha value is -0.870. The maximum absolute atomic E-state index is 13.2. The van der Waals surface area contributed by atoms with E-state index in [0.717, 1.165) is 56.1 Å². The van der Waals surface area contributed by atoms with Crippen LogP contribution >= 0.6 is 15.9 Å². The quantitative estimate of drug-likeness (QED) is 0.861. The first kappa shape index (κ1) is 16.0. The zero-order valence-corrected chi connectivity index (χ0v) is 14.6. The molecule has 1 heterocycles. The fourth-order valence-electron chi connectivity index (χ4n) is 3.88. The van der Waals surface area contributed by atoms with Gasteiger partial charge in [0.1, 0.15) is 0 Å². The van der Waals surface area contributed by atoms with E-state index in [1.165, 1.54) is 12.0 Å². The molecule has 0 radical (unpaired) electrons. The third kappa shape index (κ3) is 3.38. The van der Waals surface area contributed by atoms with Crippen molar-refractivity contribution < 1.29 is 4.79 Å². The number of nitrogens with one attached hydrogen (secondary N) is 2. The number of amides is 1. The van der Waals surface area contributed by atoms with Gasteiger partial charge in [-0.05, 0) is 56.5 Å². The molecule has 3 nitrogen and oxygen atoms in total. The topological polar surface area (TPSA) is 41.1 Å². The summed E-state index contributed by atoms with van der Waals surface area (Å²) in [7, 11) is 0. The minimum absolute atomic E-state index is 0.247. The Bertz CT molecular complexity index is 520. The minimum Gasteiger partial charge on any atom is -0.353 e. The molecule has 1 saturated carbocycles. The first-order chi connectivity index (χ1) is 10.7. The Morgan fingerprint density at radius 2 is 1.91 bits per heavy atom. The van der Waals surface area contributed by atoms with E-state index in [2.05, 4.69) is 38.7 Å². The number of piperidine rings is 1. The highest BCUT2D eigenvalue weighted by Gasteiger charge is 2.41. The molecule has 0 atom stereocenters. The number of hydrogen-bond donors (Lipinski definition) is 2. The molecule has 0 unspecified atom stereocenters. The number of carbonyl (C=O) groups is 1. The maximum Gasteiger partial charge on any atom is 0.230 e. The molecule has 22 heavy (non-hydrogen) atoms. The molecule has 120 valence electrons. The molecule has 3 rings (SSSR count). The van der Waals surface area contributed by atoms with Crippen molar-refractivity contribution in [2.24, 2.45) is 0 Å². The molecular weight excluding hydrogens is 340 g/mol. The van der Waals surface area contributed by atoms with E-state index in [0.29, 0.717) is 6.04 Å². The highest BCUT2D eigenvalue weighted by Crippen LogP contribution is 2.40. The molecule has 1 aromatic rings. The largest absolute Gasteiger partial charge is 0.353 e. The van der Waals surface area contributed by atoms with Crippen LogP contribution in [0.1, 0.15) is 50.5 Å². The lowest BCUT2D eigenvalue weighted by atomic mass is 9.68. The summed E-state index contributed by atoms with van der Waals surface area (Å²) in [6.07, 6.45) is 7.57. The van der Waals surface area contributed by atoms with Crippen LogP contribution in [-0.4, -0.2) is 25.0 Å². The Labute approximate surface area is 141 Å². The van der Waals surface area contributed by atoms with Crippen LogP contribution in [0.5, 0.6) is 0 Å². The lowest BCUT2D eigenvalue weighted by molar-refractivity contribution is -0.129. The Kier molecular flexibility index (Phi) is 5.19. The van der Waals surface area contributed by atoms with Crippen LogP contribution in [0, 0.1) is 0 Å². The molecule has 2 aliphatic rings. The van der Waals surface area contributed by atoms with Crippen LogP contribution in [-0.2, 0) is 10.2 Å². The van der Waals surface area contributed by atoms with Crippen molar-refractivity contribution in [2.45, 2.75) is 56.4 Å². The fraction of sp³-hybridized carbons (Fsp3) is 0.611. The summed E-state index contributed by atoms with van der Waals surface area (Å²) in [5, 5.41) is 6.71. The number of hydrogen-bond acceptors (Lipinski definition) is 2. The van der Waals surface area contributed by atoms with Gasteiger partial charge in [-0.25, -0.2) is 0 Å². The highest BCUT2D eigenvalue weighted by atomic mass is 79.9. The molecule has 1 aromatic carbocycles. The van der Waals surface area contributed by atoms with Crippen molar-refractivity contribution >= 4 is 21.8 Å². The van der Waals surface area contributed by atoms with Gasteiger partial charge in [0.15, 0.2) is 0 Å². The second-order valence-corrected chi connectivity index (χ2v) is 7.57.